The fourth-order valence-corrected chi connectivity index (χ4v) is 1.56. The standard InChI is InChI=1S/C14H19NO2/c1-4-5-6-7-14(15)11-8-12(16-2)10-13(9-11)17-3/h8-10,14H,6-7,15H2,1-3H3. The Morgan fingerprint density at radius 3 is 2.24 bits per heavy atom. The number of rotatable bonds is 5. The molecular weight excluding hydrogens is 214 g/mol. The molecule has 0 saturated carbocycles. The smallest absolute Gasteiger partial charge is 0.122 e. The summed E-state index contributed by atoms with van der Waals surface area (Å²) in [5, 5.41) is 0. The number of methoxy groups -OCH3 is 2. The summed E-state index contributed by atoms with van der Waals surface area (Å²) >= 11 is 0. The van der Waals surface area contributed by atoms with Crippen molar-refractivity contribution in [1.82, 2.24) is 0 Å². The highest BCUT2D eigenvalue weighted by Crippen LogP contribution is 2.27. The molecule has 0 aliphatic rings. The first-order valence-electron chi connectivity index (χ1n) is 5.59. The van der Waals surface area contributed by atoms with E-state index in [4.69, 9.17) is 15.2 Å². The van der Waals surface area contributed by atoms with E-state index in [0.29, 0.717) is 0 Å². The summed E-state index contributed by atoms with van der Waals surface area (Å²) < 4.78 is 10.4. The Hall–Kier alpha value is -1.66. The van der Waals surface area contributed by atoms with E-state index in [9.17, 15) is 0 Å². The first kappa shape index (κ1) is 13.4. The molecule has 3 heteroatoms. The fourth-order valence-electron chi connectivity index (χ4n) is 1.56. The number of hydrogen-bond donors (Lipinski definition) is 1. The Balaban J connectivity index is 2.82. The third-order valence-corrected chi connectivity index (χ3v) is 2.56. The van der Waals surface area contributed by atoms with Crippen molar-refractivity contribution >= 4 is 0 Å². The van der Waals surface area contributed by atoms with Crippen molar-refractivity contribution in [3.63, 3.8) is 0 Å². The predicted octanol–water partition coefficient (Wildman–Crippen LogP) is 2.51. The van der Waals surface area contributed by atoms with Crippen LogP contribution in [0.3, 0.4) is 0 Å². The molecule has 2 N–H and O–H groups in total. The molecule has 92 valence electrons. The van der Waals surface area contributed by atoms with Gasteiger partial charge in [-0.05, 0) is 31.0 Å². The molecule has 0 amide bonds. The monoisotopic (exact) mass is 233 g/mol. The number of hydrogen-bond acceptors (Lipinski definition) is 3. The first-order chi connectivity index (χ1) is 8.21. The topological polar surface area (TPSA) is 44.5 Å². The molecule has 1 atom stereocenters. The van der Waals surface area contributed by atoms with Crippen molar-refractivity contribution in [3.8, 4) is 23.3 Å². The number of benzene rings is 1. The highest BCUT2D eigenvalue weighted by molar-refractivity contribution is 5.39. The van der Waals surface area contributed by atoms with Crippen LogP contribution in [0.15, 0.2) is 18.2 Å². The zero-order valence-corrected chi connectivity index (χ0v) is 10.6. The van der Waals surface area contributed by atoms with Gasteiger partial charge in [0.1, 0.15) is 11.5 Å². The lowest BCUT2D eigenvalue weighted by molar-refractivity contribution is 0.392. The van der Waals surface area contributed by atoms with Crippen molar-refractivity contribution in [1.29, 1.82) is 0 Å². The van der Waals surface area contributed by atoms with Gasteiger partial charge in [-0.15, -0.1) is 11.8 Å². The van der Waals surface area contributed by atoms with Gasteiger partial charge in [0.05, 0.1) is 14.2 Å². The van der Waals surface area contributed by atoms with Gasteiger partial charge in [0.15, 0.2) is 0 Å². The van der Waals surface area contributed by atoms with Gasteiger partial charge < -0.3 is 15.2 Å². The van der Waals surface area contributed by atoms with Crippen molar-refractivity contribution in [2.75, 3.05) is 14.2 Å². The van der Waals surface area contributed by atoms with Crippen LogP contribution in [0.25, 0.3) is 0 Å². The van der Waals surface area contributed by atoms with Crippen LogP contribution in [0.1, 0.15) is 31.4 Å². The lowest BCUT2D eigenvalue weighted by atomic mass is 10.0. The molecule has 0 saturated heterocycles. The average Bonchev–Trinajstić information content (AvgIpc) is 2.38. The third kappa shape index (κ3) is 4.01. The molecule has 0 aliphatic heterocycles. The van der Waals surface area contributed by atoms with Crippen LogP contribution in [-0.2, 0) is 0 Å². The predicted molar refractivity (Wildman–Crippen MR) is 69.2 cm³/mol. The van der Waals surface area contributed by atoms with Gasteiger partial charge in [-0.2, -0.15) is 0 Å². The molecule has 1 aromatic carbocycles. The lowest BCUT2D eigenvalue weighted by Crippen LogP contribution is -2.10. The van der Waals surface area contributed by atoms with E-state index in [-0.39, 0.29) is 6.04 Å². The van der Waals surface area contributed by atoms with Crippen molar-refractivity contribution in [3.05, 3.63) is 23.8 Å². The fraction of sp³-hybridized carbons (Fsp3) is 0.429. The minimum atomic E-state index is -0.0418. The van der Waals surface area contributed by atoms with E-state index >= 15 is 0 Å². The second-order valence-electron chi connectivity index (χ2n) is 3.72. The molecular formula is C14H19NO2. The largest absolute Gasteiger partial charge is 0.497 e. The molecule has 0 fully saturated rings. The highest BCUT2D eigenvalue weighted by atomic mass is 16.5. The van der Waals surface area contributed by atoms with E-state index in [1.807, 2.05) is 25.1 Å². The molecule has 0 radical (unpaired) electrons. The normalized spacial score (nSPS) is 11.3. The maximum atomic E-state index is 6.10. The Morgan fingerprint density at radius 2 is 1.76 bits per heavy atom. The Morgan fingerprint density at radius 1 is 1.18 bits per heavy atom. The van der Waals surface area contributed by atoms with Crippen LogP contribution in [0.5, 0.6) is 11.5 Å². The molecule has 0 heterocycles. The zero-order valence-electron chi connectivity index (χ0n) is 10.6. The lowest BCUT2D eigenvalue weighted by Gasteiger charge is -2.13. The number of ether oxygens (including phenoxy) is 2. The molecule has 0 aliphatic carbocycles. The molecule has 1 aromatic rings. The van der Waals surface area contributed by atoms with Gasteiger partial charge in [0, 0.05) is 18.5 Å². The molecule has 1 unspecified atom stereocenters. The molecule has 3 nitrogen and oxygen atoms in total. The van der Waals surface area contributed by atoms with E-state index < -0.39 is 0 Å². The van der Waals surface area contributed by atoms with Crippen molar-refractivity contribution in [2.45, 2.75) is 25.8 Å². The minimum Gasteiger partial charge on any atom is -0.497 e. The maximum absolute atomic E-state index is 6.10. The second-order valence-corrected chi connectivity index (χ2v) is 3.72. The highest BCUT2D eigenvalue weighted by Gasteiger charge is 2.09. The van der Waals surface area contributed by atoms with Crippen LogP contribution in [0.4, 0.5) is 0 Å². The maximum Gasteiger partial charge on any atom is 0.122 e. The summed E-state index contributed by atoms with van der Waals surface area (Å²) in [4.78, 5) is 0. The molecule has 0 bridgehead atoms. The van der Waals surface area contributed by atoms with E-state index in [2.05, 4.69) is 11.8 Å². The second kappa shape index (κ2) is 6.82. The van der Waals surface area contributed by atoms with Crippen LogP contribution in [-0.4, -0.2) is 14.2 Å². The summed E-state index contributed by atoms with van der Waals surface area (Å²) in [6, 6.07) is 5.67. The summed E-state index contributed by atoms with van der Waals surface area (Å²) in [5.41, 5.74) is 7.12. The van der Waals surface area contributed by atoms with Gasteiger partial charge in [-0.3, -0.25) is 0 Å². The Bertz CT molecular complexity index is 396. The van der Waals surface area contributed by atoms with Crippen LogP contribution in [0, 0.1) is 11.8 Å². The van der Waals surface area contributed by atoms with E-state index in [0.717, 1.165) is 29.9 Å². The summed E-state index contributed by atoms with van der Waals surface area (Å²) in [6.07, 6.45) is 1.63. The van der Waals surface area contributed by atoms with Gasteiger partial charge >= 0.3 is 0 Å². The van der Waals surface area contributed by atoms with E-state index in [1.54, 1.807) is 14.2 Å². The van der Waals surface area contributed by atoms with Gasteiger partial charge in [-0.1, -0.05) is 0 Å². The van der Waals surface area contributed by atoms with Crippen LogP contribution in [0.2, 0.25) is 0 Å². The molecule has 17 heavy (non-hydrogen) atoms. The quantitative estimate of drug-likeness (QED) is 0.795. The first-order valence-corrected chi connectivity index (χ1v) is 5.59. The molecule has 0 aromatic heterocycles. The number of nitrogens with two attached hydrogens (primary N) is 1. The summed E-state index contributed by atoms with van der Waals surface area (Å²) in [7, 11) is 3.26. The summed E-state index contributed by atoms with van der Waals surface area (Å²) in [5.74, 6) is 7.40. The average molecular weight is 233 g/mol. The van der Waals surface area contributed by atoms with Crippen molar-refractivity contribution in [2.24, 2.45) is 5.73 Å². The SMILES string of the molecule is CC#CCCC(N)c1cc(OC)cc(OC)c1. The van der Waals surface area contributed by atoms with E-state index in [1.165, 1.54) is 0 Å². The van der Waals surface area contributed by atoms with Gasteiger partial charge in [0.2, 0.25) is 0 Å². The minimum absolute atomic E-state index is 0.0418. The Kier molecular flexibility index (Phi) is 5.38. The third-order valence-electron chi connectivity index (χ3n) is 2.56. The Labute approximate surface area is 103 Å². The van der Waals surface area contributed by atoms with Gasteiger partial charge in [-0.25, -0.2) is 0 Å². The van der Waals surface area contributed by atoms with Crippen molar-refractivity contribution < 1.29 is 9.47 Å². The van der Waals surface area contributed by atoms with Gasteiger partial charge in [0.25, 0.3) is 0 Å². The summed E-state index contributed by atoms with van der Waals surface area (Å²) in [6.45, 7) is 1.83. The molecule has 0 spiro atoms. The zero-order chi connectivity index (χ0) is 12.7. The van der Waals surface area contributed by atoms with Crippen LogP contribution >= 0.6 is 0 Å². The molecule has 1 rings (SSSR count). The van der Waals surface area contributed by atoms with Crippen LogP contribution < -0.4 is 15.2 Å².